The number of esters is 6. The van der Waals surface area contributed by atoms with Crippen LogP contribution in [-0.4, -0.2) is 50.8 Å². The first-order chi connectivity index (χ1) is 28.6. The van der Waals surface area contributed by atoms with Crippen molar-refractivity contribution in [3.63, 3.8) is 0 Å². The highest BCUT2D eigenvalue weighted by Crippen LogP contribution is 2.24. The van der Waals surface area contributed by atoms with E-state index in [-0.39, 0.29) is 59.5 Å². The number of ether oxygens (including phenoxy) is 9. The van der Waals surface area contributed by atoms with Crippen LogP contribution >= 0.6 is 0 Å². The normalized spacial score (nSPS) is 10.5. The minimum absolute atomic E-state index is 0.0352. The monoisotopic (exact) mass is 831 g/mol. The number of hydrogen-bond acceptors (Lipinski definition) is 18. The van der Waals surface area contributed by atoms with Gasteiger partial charge in [-0.25, -0.2) is 0 Å². The molecule has 0 spiro atoms. The third-order valence-electron chi connectivity index (χ3n) is 7.58. The van der Waals surface area contributed by atoms with Gasteiger partial charge in [-0.15, -0.1) is 0 Å². The van der Waals surface area contributed by atoms with Crippen molar-refractivity contribution in [3.8, 4) is 17.2 Å². The predicted octanol–water partition coefficient (Wildman–Crippen LogP) is 4.99. The first-order valence-electron chi connectivity index (χ1n) is 18.4. The van der Waals surface area contributed by atoms with Crippen LogP contribution in [0.1, 0.15) is 92.4 Å². The standard InChI is InChI=1S/C42H45N3O15/c1-25(46)52-19-34-10-40(11-35(43-34)20-53-26(2)47)58-16-31-7-32(17-59-41-12-36(21-54-27(3)48)44-37(13-41)22-55-28(4)49)9-33(8-31)18-60-42-14-38(23-56-29(5)50)45-39(15-42)24-57-30(6)51/h7-15H,16-24H2,1-6H3. The Hall–Kier alpha value is -7.11. The average Bonchev–Trinajstić information content (AvgIpc) is 3.19. The molecule has 0 amide bonds. The third-order valence-corrected chi connectivity index (χ3v) is 7.58. The van der Waals surface area contributed by atoms with Gasteiger partial charge in [0, 0.05) is 77.9 Å². The summed E-state index contributed by atoms with van der Waals surface area (Å²) in [6.45, 7) is 6.96. The molecule has 318 valence electrons. The summed E-state index contributed by atoms with van der Waals surface area (Å²) in [5.41, 5.74) is 4.31. The van der Waals surface area contributed by atoms with Gasteiger partial charge < -0.3 is 42.6 Å². The Morgan fingerprint density at radius 2 is 0.500 bits per heavy atom. The van der Waals surface area contributed by atoms with E-state index in [4.69, 9.17) is 42.6 Å². The average molecular weight is 832 g/mol. The highest BCUT2D eigenvalue weighted by molar-refractivity contribution is 5.67. The fraction of sp³-hybridized carbons (Fsp3) is 0.357. The molecular weight excluding hydrogens is 786 g/mol. The molecule has 1 aromatic carbocycles. The molecule has 0 aliphatic heterocycles. The number of benzene rings is 1. The van der Waals surface area contributed by atoms with E-state index in [0.717, 1.165) is 0 Å². The molecule has 4 aromatic rings. The zero-order chi connectivity index (χ0) is 43.6. The molecule has 4 rings (SSSR count). The van der Waals surface area contributed by atoms with Crippen molar-refractivity contribution in [3.05, 3.63) is 105 Å². The summed E-state index contributed by atoms with van der Waals surface area (Å²) in [6, 6.07) is 15.2. The molecule has 0 bridgehead atoms. The number of pyridine rings is 3. The van der Waals surface area contributed by atoms with Gasteiger partial charge in [0.15, 0.2) is 0 Å². The molecule has 0 saturated carbocycles. The summed E-state index contributed by atoms with van der Waals surface area (Å²) in [5.74, 6) is -1.91. The fourth-order valence-electron chi connectivity index (χ4n) is 5.19. The van der Waals surface area contributed by atoms with Gasteiger partial charge in [0.05, 0.1) is 34.2 Å². The van der Waals surface area contributed by atoms with Crippen molar-refractivity contribution in [1.29, 1.82) is 0 Å². The van der Waals surface area contributed by atoms with Crippen molar-refractivity contribution in [2.45, 2.75) is 101 Å². The number of aromatic nitrogens is 3. The van der Waals surface area contributed by atoms with Crippen LogP contribution in [0, 0.1) is 0 Å². The quantitative estimate of drug-likeness (QED) is 0.0796. The van der Waals surface area contributed by atoms with Crippen molar-refractivity contribution in [2.24, 2.45) is 0 Å². The van der Waals surface area contributed by atoms with E-state index >= 15 is 0 Å². The smallest absolute Gasteiger partial charge is 0.303 e. The summed E-state index contributed by atoms with van der Waals surface area (Å²) in [5, 5.41) is 0. The van der Waals surface area contributed by atoms with Crippen LogP contribution in [0.25, 0.3) is 0 Å². The minimum Gasteiger partial charge on any atom is -0.489 e. The first-order valence-corrected chi connectivity index (χ1v) is 18.4. The molecule has 60 heavy (non-hydrogen) atoms. The number of rotatable bonds is 21. The molecule has 0 fully saturated rings. The molecule has 0 radical (unpaired) electrons. The van der Waals surface area contributed by atoms with Crippen LogP contribution in [0.3, 0.4) is 0 Å². The lowest BCUT2D eigenvalue weighted by Crippen LogP contribution is -2.08. The lowest BCUT2D eigenvalue weighted by molar-refractivity contribution is -0.143. The zero-order valence-corrected chi connectivity index (χ0v) is 34.0. The molecule has 3 aromatic heterocycles. The predicted molar refractivity (Wildman–Crippen MR) is 205 cm³/mol. The molecular formula is C42H45N3O15. The highest BCUT2D eigenvalue weighted by atomic mass is 16.6. The second-order valence-corrected chi connectivity index (χ2v) is 13.1. The van der Waals surface area contributed by atoms with Crippen LogP contribution in [0.5, 0.6) is 17.2 Å². The molecule has 0 N–H and O–H groups in total. The largest absolute Gasteiger partial charge is 0.489 e. The van der Waals surface area contributed by atoms with E-state index in [1.54, 1.807) is 36.4 Å². The van der Waals surface area contributed by atoms with Gasteiger partial charge in [-0.3, -0.25) is 43.7 Å². The van der Waals surface area contributed by atoms with Crippen LogP contribution in [-0.2, 0) is 117 Å². The van der Waals surface area contributed by atoms with E-state index in [1.807, 2.05) is 18.2 Å². The topological polar surface area (TPSA) is 224 Å². The van der Waals surface area contributed by atoms with Gasteiger partial charge in [-0.05, 0) is 34.9 Å². The van der Waals surface area contributed by atoms with Crippen molar-refractivity contribution in [1.82, 2.24) is 15.0 Å². The van der Waals surface area contributed by atoms with Crippen LogP contribution in [0.15, 0.2) is 54.6 Å². The molecule has 0 unspecified atom stereocenters. The Balaban J connectivity index is 1.65. The van der Waals surface area contributed by atoms with Gasteiger partial charge in [0.2, 0.25) is 0 Å². The van der Waals surface area contributed by atoms with Crippen molar-refractivity contribution < 1.29 is 71.4 Å². The Kier molecular flexibility index (Phi) is 17.3. The first kappa shape index (κ1) is 45.6. The van der Waals surface area contributed by atoms with E-state index in [0.29, 0.717) is 68.1 Å². The Bertz CT molecular complexity index is 1830. The molecule has 0 atom stereocenters. The van der Waals surface area contributed by atoms with Crippen LogP contribution in [0.2, 0.25) is 0 Å². The van der Waals surface area contributed by atoms with Crippen molar-refractivity contribution in [2.75, 3.05) is 0 Å². The highest BCUT2D eigenvalue weighted by Gasteiger charge is 2.13. The second kappa shape index (κ2) is 22.7. The molecule has 0 aliphatic rings. The van der Waals surface area contributed by atoms with Crippen LogP contribution in [0.4, 0.5) is 0 Å². The summed E-state index contributed by atoms with van der Waals surface area (Å²) in [6.07, 6.45) is 0. The lowest BCUT2D eigenvalue weighted by atomic mass is 10.1. The van der Waals surface area contributed by atoms with Gasteiger partial charge in [-0.2, -0.15) is 0 Å². The van der Waals surface area contributed by atoms with E-state index in [1.165, 1.54) is 41.5 Å². The Labute approximate surface area is 345 Å². The minimum atomic E-state index is -0.501. The van der Waals surface area contributed by atoms with Crippen molar-refractivity contribution >= 4 is 35.8 Å². The second-order valence-electron chi connectivity index (χ2n) is 13.1. The maximum atomic E-state index is 11.5. The lowest BCUT2D eigenvalue weighted by Gasteiger charge is -2.15. The van der Waals surface area contributed by atoms with Gasteiger partial charge in [0.1, 0.15) is 76.7 Å². The summed E-state index contributed by atoms with van der Waals surface area (Å²) < 4.78 is 49.3. The van der Waals surface area contributed by atoms with E-state index < -0.39 is 35.8 Å². The maximum Gasteiger partial charge on any atom is 0.303 e. The van der Waals surface area contributed by atoms with Crippen LogP contribution < -0.4 is 14.2 Å². The maximum absolute atomic E-state index is 11.5. The summed E-state index contributed by atoms with van der Waals surface area (Å²) >= 11 is 0. The third kappa shape index (κ3) is 17.2. The zero-order valence-electron chi connectivity index (χ0n) is 34.0. The Morgan fingerprint density at radius 1 is 0.317 bits per heavy atom. The molecule has 3 heterocycles. The number of hydrogen-bond donors (Lipinski definition) is 0. The molecule has 18 heteroatoms. The van der Waals surface area contributed by atoms with Gasteiger partial charge in [-0.1, -0.05) is 0 Å². The van der Waals surface area contributed by atoms with Gasteiger partial charge >= 0.3 is 35.8 Å². The molecule has 0 saturated heterocycles. The number of carbonyl (C=O) groups is 6. The molecule has 18 nitrogen and oxygen atoms in total. The Morgan fingerprint density at radius 3 is 0.667 bits per heavy atom. The molecule has 0 aliphatic carbocycles. The fourth-order valence-corrected chi connectivity index (χ4v) is 5.19. The summed E-state index contributed by atoms with van der Waals surface area (Å²) in [4.78, 5) is 82.2. The summed E-state index contributed by atoms with van der Waals surface area (Å²) in [7, 11) is 0. The SMILES string of the molecule is CC(=O)OCc1cc(OCc2cc(COc3cc(COC(C)=O)nc(COC(C)=O)c3)cc(COc3cc(COC(C)=O)nc(COC(C)=O)c3)c2)cc(COC(C)=O)n1. The van der Waals surface area contributed by atoms with Gasteiger partial charge in [0.25, 0.3) is 0 Å². The number of carbonyl (C=O) groups excluding carboxylic acids is 6. The number of nitrogens with zero attached hydrogens (tertiary/aromatic N) is 3. The van der Waals surface area contributed by atoms with E-state index in [2.05, 4.69) is 15.0 Å². The van der Waals surface area contributed by atoms with E-state index in [9.17, 15) is 28.8 Å².